The van der Waals surface area contributed by atoms with E-state index in [1.54, 1.807) is 0 Å². The zero-order valence-corrected chi connectivity index (χ0v) is 13.9. The second-order valence-electron chi connectivity index (χ2n) is 6.36. The molecule has 0 aromatic heterocycles. The molecule has 1 unspecified atom stereocenters. The number of aliphatic hydroxyl groups is 1. The Morgan fingerprint density at radius 2 is 1.95 bits per heavy atom. The Kier molecular flexibility index (Phi) is 7.12. The Hall–Kier alpha value is -1.81. The van der Waals surface area contributed by atoms with Crippen molar-refractivity contribution in [2.75, 3.05) is 6.61 Å². The van der Waals surface area contributed by atoms with Crippen LogP contribution < -0.4 is 5.32 Å². The minimum Gasteiger partial charge on any atom is -0.444 e. The van der Waals surface area contributed by atoms with Gasteiger partial charge in [-0.05, 0) is 46.1 Å². The van der Waals surface area contributed by atoms with Crippen LogP contribution in [-0.2, 0) is 4.74 Å². The van der Waals surface area contributed by atoms with E-state index in [2.05, 4.69) is 5.32 Å². The SMILES string of the molecule is C/C(=C\c1ccccc1)C(CCCO)NC(=O)OC(C)(C)C. The molecule has 0 bridgehead atoms. The van der Waals surface area contributed by atoms with E-state index in [-0.39, 0.29) is 12.6 Å². The number of amides is 1. The van der Waals surface area contributed by atoms with E-state index >= 15 is 0 Å². The van der Waals surface area contributed by atoms with Crippen LogP contribution in [0.15, 0.2) is 35.9 Å². The largest absolute Gasteiger partial charge is 0.444 e. The van der Waals surface area contributed by atoms with Gasteiger partial charge in [0.15, 0.2) is 0 Å². The van der Waals surface area contributed by atoms with Gasteiger partial charge >= 0.3 is 6.09 Å². The van der Waals surface area contributed by atoms with Gasteiger partial charge < -0.3 is 15.2 Å². The molecular formula is C18H27NO3. The molecule has 0 fully saturated rings. The molecular weight excluding hydrogens is 278 g/mol. The summed E-state index contributed by atoms with van der Waals surface area (Å²) in [5.41, 5.74) is 1.59. The maximum atomic E-state index is 12.0. The Morgan fingerprint density at radius 3 is 2.50 bits per heavy atom. The van der Waals surface area contributed by atoms with Crippen LogP contribution >= 0.6 is 0 Å². The highest BCUT2D eigenvalue weighted by atomic mass is 16.6. The fourth-order valence-electron chi connectivity index (χ4n) is 2.07. The number of nitrogens with one attached hydrogen (secondary N) is 1. The van der Waals surface area contributed by atoms with Gasteiger partial charge in [-0.2, -0.15) is 0 Å². The molecule has 22 heavy (non-hydrogen) atoms. The molecule has 0 aliphatic heterocycles. The predicted octanol–water partition coefficient (Wildman–Crippen LogP) is 3.76. The molecule has 1 rings (SSSR count). The number of hydrogen-bond donors (Lipinski definition) is 2. The van der Waals surface area contributed by atoms with Crippen LogP contribution in [-0.4, -0.2) is 29.4 Å². The third kappa shape index (κ3) is 7.27. The van der Waals surface area contributed by atoms with Gasteiger partial charge in [-0.1, -0.05) is 42.0 Å². The summed E-state index contributed by atoms with van der Waals surface area (Å²) in [6.45, 7) is 7.59. The summed E-state index contributed by atoms with van der Waals surface area (Å²) in [7, 11) is 0. The van der Waals surface area contributed by atoms with Gasteiger partial charge in [-0.15, -0.1) is 0 Å². The van der Waals surface area contributed by atoms with Crippen molar-refractivity contribution in [3.63, 3.8) is 0 Å². The third-order valence-electron chi connectivity index (χ3n) is 3.09. The van der Waals surface area contributed by atoms with Crippen LogP contribution in [0.2, 0.25) is 0 Å². The second-order valence-corrected chi connectivity index (χ2v) is 6.36. The summed E-state index contributed by atoms with van der Waals surface area (Å²) >= 11 is 0. The standard InChI is InChI=1S/C18H27NO3/c1-14(13-15-9-6-5-7-10-15)16(11-8-12-20)19-17(21)22-18(2,3)4/h5-7,9-10,13,16,20H,8,11-12H2,1-4H3,(H,19,21)/b14-13+. The van der Waals surface area contributed by atoms with E-state index in [1.807, 2.05) is 64.1 Å². The smallest absolute Gasteiger partial charge is 0.408 e. The number of aliphatic hydroxyl groups excluding tert-OH is 1. The first-order valence-electron chi connectivity index (χ1n) is 7.65. The monoisotopic (exact) mass is 305 g/mol. The van der Waals surface area contributed by atoms with Crippen molar-refractivity contribution < 1.29 is 14.6 Å². The third-order valence-corrected chi connectivity index (χ3v) is 3.09. The highest BCUT2D eigenvalue weighted by Gasteiger charge is 2.20. The maximum Gasteiger partial charge on any atom is 0.408 e. The molecule has 0 saturated heterocycles. The Balaban J connectivity index is 2.79. The lowest BCUT2D eigenvalue weighted by molar-refractivity contribution is 0.0508. The first-order valence-corrected chi connectivity index (χ1v) is 7.65. The van der Waals surface area contributed by atoms with Gasteiger partial charge in [0.05, 0.1) is 6.04 Å². The van der Waals surface area contributed by atoms with Crippen molar-refractivity contribution in [2.45, 2.75) is 52.2 Å². The van der Waals surface area contributed by atoms with Crippen molar-refractivity contribution in [3.8, 4) is 0 Å². The Labute approximate surface area is 133 Å². The number of rotatable bonds is 6. The number of carbonyl (C=O) groups excluding carboxylic acids is 1. The van der Waals surface area contributed by atoms with Gasteiger partial charge in [-0.25, -0.2) is 4.79 Å². The quantitative estimate of drug-likeness (QED) is 0.841. The first kappa shape index (κ1) is 18.2. The normalized spacial score (nSPS) is 13.6. The van der Waals surface area contributed by atoms with E-state index in [0.717, 1.165) is 11.1 Å². The van der Waals surface area contributed by atoms with Crippen LogP contribution in [0.25, 0.3) is 6.08 Å². The van der Waals surface area contributed by atoms with Gasteiger partial charge in [0.1, 0.15) is 5.60 Å². The van der Waals surface area contributed by atoms with Gasteiger partial charge in [0.25, 0.3) is 0 Å². The van der Waals surface area contributed by atoms with Crippen LogP contribution in [0, 0.1) is 0 Å². The number of hydrogen-bond acceptors (Lipinski definition) is 3. The van der Waals surface area contributed by atoms with E-state index in [0.29, 0.717) is 12.8 Å². The fraction of sp³-hybridized carbons (Fsp3) is 0.500. The van der Waals surface area contributed by atoms with Crippen molar-refractivity contribution in [3.05, 3.63) is 41.5 Å². The number of benzene rings is 1. The summed E-state index contributed by atoms with van der Waals surface area (Å²) in [4.78, 5) is 12.0. The van der Waals surface area contributed by atoms with Gasteiger partial charge in [0.2, 0.25) is 0 Å². The van der Waals surface area contributed by atoms with Crippen molar-refractivity contribution in [1.29, 1.82) is 0 Å². The van der Waals surface area contributed by atoms with Crippen LogP contribution in [0.5, 0.6) is 0 Å². The van der Waals surface area contributed by atoms with Crippen LogP contribution in [0.1, 0.15) is 46.1 Å². The molecule has 1 atom stereocenters. The van der Waals surface area contributed by atoms with E-state index in [4.69, 9.17) is 9.84 Å². The minimum atomic E-state index is -0.525. The van der Waals surface area contributed by atoms with E-state index in [1.165, 1.54) is 0 Å². The van der Waals surface area contributed by atoms with Gasteiger partial charge in [0, 0.05) is 6.61 Å². The van der Waals surface area contributed by atoms with E-state index < -0.39 is 11.7 Å². The molecule has 0 aliphatic carbocycles. The average molecular weight is 305 g/mol. The first-order chi connectivity index (χ1) is 10.3. The summed E-state index contributed by atoms with van der Waals surface area (Å²) < 4.78 is 5.31. The molecule has 122 valence electrons. The van der Waals surface area contributed by atoms with Gasteiger partial charge in [-0.3, -0.25) is 0 Å². The summed E-state index contributed by atoms with van der Waals surface area (Å²) in [5.74, 6) is 0. The molecule has 0 saturated carbocycles. The molecule has 0 aliphatic rings. The van der Waals surface area contributed by atoms with Crippen LogP contribution in [0.4, 0.5) is 4.79 Å². The molecule has 4 nitrogen and oxygen atoms in total. The lowest BCUT2D eigenvalue weighted by Crippen LogP contribution is -2.39. The summed E-state index contributed by atoms with van der Waals surface area (Å²) in [6, 6.07) is 9.79. The van der Waals surface area contributed by atoms with Crippen LogP contribution in [0.3, 0.4) is 0 Å². The lowest BCUT2D eigenvalue weighted by atomic mass is 10.0. The maximum absolute atomic E-state index is 12.0. The Morgan fingerprint density at radius 1 is 1.32 bits per heavy atom. The Bertz CT molecular complexity index is 489. The molecule has 4 heteroatoms. The average Bonchev–Trinajstić information content (AvgIpc) is 2.42. The van der Waals surface area contributed by atoms with Crippen molar-refractivity contribution >= 4 is 12.2 Å². The molecule has 1 aromatic carbocycles. The van der Waals surface area contributed by atoms with Crippen molar-refractivity contribution in [1.82, 2.24) is 5.32 Å². The zero-order chi connectivity index (χ0) is 16.6. The minimum absolute atomic E-state index is 0.102. The number of ether oxygens (including phenoxy) is 1. The topological polar surface area (TPSA) is 58.6 Å². The summed E-state index contributed by atoms with van der Waals surface area (Å²) in [5, 5.41) is 11.9. The fourth-order valence-corrected chi connectivity index (χ4v) is 2.07. The number of alkyl carbamates (subject to hydrolysis) is 1. The molecule has 1 aromatic rings. The highest BCUT2D eigenvalue weighted by Crippen LogP contribution is 2.15. The molecule has 0 spiro atoms. The number of carbonyl (C=O) groups is 1. The highest BCUT2D eigenvalue weighted by molar-refractivity contribution is 5.69. The molecule has 0 radical (unpaired) electrons. The van der Waals surface area contributed by atoms with Crippen molar-refractivity contribution in [2.24, 2.45) is 0 Å². The predicted molar refractivity (Wildman–Crippen MR) is 89.6 cm³/mol. The second kappa shape index (κ2) is 8.59. The molecule has 0 heterocycles. The summed E-state index contributed by atoms with van der Waals surface area (Å²) in [6.07, 6.45) is 2.90. The molecule has 1 amide bonds. The lowest BCUT2D eigenvalue weighted by Gasteiger charge is -2.24. The zero-order valence-electron chi connectivity index (χ0n) is 13.9. The van der Waals surface area contributed by atoms with E-state index in [9.17, 15) is 4.79 Å². The molecule has 2 N–H and O–H groups in total.